The van der Waals surface area contributed by atoms with Crippen molar-refractivity contribution in [2.75, 3.05) is 6.54 Å². The fourth-order valence-electron chi connectivity index (χ4n) is 2.60. The van der Waals surface area contributed by atoms with Crippen molar-refractivity contribution in [1.29, 1.82) is 0 Å². The Morgan fingerprint density at radius 1 is 1.14 bits per heavy atom. The van der Waals surface area contributed by atoms with Gasteiger partial charge < -0.3 is 15.7 Å². The van der Waals surface area contributed by atoms with E-state index in [1.165, 1.54) is 0 Å². The molecule has 1 aliphatic carbocycles. The number of hydrogen-bond donors (Lipinski definition) is 3. The Bertz CT molecular complexity index is 406. The Balaban J connectivity index is 2.41. The summed E-state index contributed by atoms with van der Waals surface area (Å²) in [5.74, 6) is -1.19. The third-order valence-corrected chi connectivity index (χ3v) is 3.77. The van der Waals surface area contributed by atoms with Gasteiger partial charge in [-0.3, -0.25) is 14.4 Å². The van der Waals surface area contributed by atoms with Crippen LogP contribution in [0.4, 0.5) is 0 Å². The minimum atomic E-state index is -0.891. The Kier molecular flexibility index (Phi) is 5.75. The second-order valence-corrected chi connectivity index (χ2v) is 6.86. The molecule has 0 aromatic carbocycles. The number of carboxylic acids is 1. The molecule has 1 fully saturated rings. The van der Waals surface area contributed by atoms with Crippen LogP contribution in [-0.4, -0.2) is 35.0 Å². The van der Waals surface area contributed by atoms with Crippen molar-refractivity contribution in [1.82, 2.24) is 10.6 Å². The molecule has 3 N–H and O–H groups in total. The minimum absolute atomic E-state index is 0.0346. The zero-order chi connectivity index (χ0) is 16.1. The summed E-state index contributed by atoms with van der Waals surface area (Å²) >= 11 is 0. The van der Waals surface area contributed by atoms with Gasteiger partial charge in [-0.05, 0) is 12.8 Å². The molecule has 0 heterocycles. The fourth-order valence-corrected chi connectivity index (χ4v) is 2.60. The summed E-state index contributed by atoms with van der Waals surface area (Å²) in [6.45, 7) is 5.69. The van der Waals surface area contributed by atoms with E-state index in [0.717, 1.165) is 12.8 Å². The Labute approximate surface area is 125 Å². The van der Waals surface area contributed by atoms with Crippen LogP contribution in [0, 0.1) is 5.41 Å². The van der Waals surface area contributed by atoms with Crippen LogP contribution in [-0.2, 0) is 14.4 Å². The summed E-state index contributed by atoms with van der Waals surface area (Å²) in [6, 6.07) is 0. The molecule has 0 saturated heterocycles. The first kappa shape index (κ1) is 17.5. The molecule has 6 heteroatoms. The van der Waals surface area contributed by atoms with E-state index >= 15 is 0 Å². The Morgan fingerprint density at radius 3 is 2.19 bits per heavy atom. The standard InChI is InChI=1S/C15H26N2O4/c1-14(2,3)13(21)16-9-6-11(18)17-15(10-12(19)20)7-4-5-8-15/h4-10H2,1-3H3,(H,16,21)(H,17,18)(H,19,20). The minimum Gasteiger partial charge on any atom is -0.481 e. The number of hydrogen-bond acceptors (Lipinski definition) is 3. The molecule has 1 saturated carbocycles. The summed E-state index contributed by atoms with van der Waals surface area (Å²) in [7, 11) is 0. The summed E-state index contributed by atoms with van der Waals surface area (Å²) in [5, 5.41) is 14.6. The molecule has 0 unspecified atom stereocenters. The molecule has 21 heavy (non-hydrogen) atoms. The fraction of sp³-hybridized carbons (Fsp3) is 0.800. The first-order valence-electron chi connectivity index (χ1n) is 7.46. The van der Waals surface area contributed by atoms with Gasteiger partial charge in [0.1, 0.15) is 0 Å². The second-order valence-electron chi connectivity index (χ2n) is 6.86. The average molecular weight is 298 g/mol. The van der Waals surface area contributed by atoms with Gasteiger partial charge in [0.15, 0.2) is 0 Å². The number of amides is 2. The SMILES string of the molecule is CC(C)(C)C(=O)NCCC(=O)NC1(CC(=O)O)CCCC1. The van der Waals surface area contributed by atoms with Gasteiger partial charge in [-0.25, -0.2) is 0 Å². The van der Waals surface area contributed by atoms with Crippen molar-refractivity contribution in [3.8, 4) is 0 Å². The predicted molar refractivity (Wildman–Crippen MR) is 78.7 cm³/mol. The highest BCUT2D eigenvalue weighted by atomic mass is 16.4. The van der Waals surface area contributed by atoms with Crippen LogP contribution in [0.3, 0.4) is 0 Å². The topological polar surface area (TPSA) is 95.5 Å². The molecule has 0 aromatic rings. The number of aliphatic carboxylic acids is 1. The molecule has 0 aromatic heterocycles. The summed E-state index contributed by atoms with van der Waals surface area (Å²) < 4.78 is 0. The van der Waals surface area contributed by atoms with E-state index in [0.29, 0.717) is 12.8 Å². The monoisotopic (exact) mass is 298 g/mol. The van der Waals surface area contributed by atoms with Gasteiger partial charge in [-0.15, -0.1) is 0 Å². The van der Waals surface area contributed by atoms with Crippen molar-refractivity contribution >= 4 is 17.8 Å². The van der Waals surface area contributed by atoms with Crippen molar-refractivity contribution in [3.63, 3.8) is 0 Å². The molecule has 0 spiro atoms. The number of rotatable bonds is 6. The van der Waals surface area contributed by atoms with Gasteiger partial charge in [0.25, 0.3) is 0 Å². The second kappa shape index (κ2) is 6.91. The van der Waals surface area contributed by atoms with E-state index < -0.39 is 16.9 Å². The van der Waals surface area contributed by atoms with Crippen LogP contribution in [0.2, 0.25) is 0 Å². The molecule has 0 aliphatic heterocycles. The van der Waals surface area contributed by atoms with Crippen LogP contribution in [0.1, 0.15) is 59.3 Å². The quantitative estimate of drug-likeness (QED) is 0.691. The zero-order valence-electron chi connectivity index (χ0n) is 13.1. The summed E-state index contributed by atoms with van der Waals surface area (Å²) in [6.07, 6.45) is 3.43. The average Bonchev–Trinajstić information content (AvgIpc) is 2.74. The summed E-state index contributed by atoms with van der Waals surface area (Å²) in [5.41, 5.74) is -1.08. The normalized spacial score (nSPS) is 17.3. The van der Waals surface area contributed by atoms with Crippen LogP contribution in [0.15, 0.2) is 0 Å². The van der Waals surface area contributed by atoms with Crippen LogP contribution in [0.5, 0.6) is 0 Å². The summed E-state index contributed by atoms with van der Waals surface area (Å²) in [4.78, 5) is 34.6. The van der Waals surface area contributed by atoms with E-state index in [9.17, 15) is 14.4 Å². The molecular formula is C15H26N2O4. The predicted octanol–water partition coefficient (Wildman–Crippen LogP) is 1.44. The van der Waals surface area contributed by atoms with Crippen LogP contribution in [0.25, 0.3) is 0 Å². The largest absolute Gasteiger partial charge is 0.481 e. The molecule has 0 bridgehead atoms. The highest BCUT2D eigenvalue weighted by Crippen LogP contribution is 2.32. The van der Waals surface area contributed by atoms with Gasteiger partial charge in [-0.1, -0.05) is 33.6 Å². The molecule has 120 valence electrons. The molecule has 2 amide bonds. The van der Waals surface area contributed by atoms with E-state index in [-0.39, 0.29) is 31.2 Å². The lowest BCUT2D eigenvalue weighted by atomic mass is 9.93. The number of carbonyl (C=O) groups excluding carboxylic acids is 2. The molecule has 6 nitrogen and oxygen atoms in total. The van der Waals surface area contributed by atoms with Gasteiger partial charge in [-0.2, -0.15) is 0 Å². The Hall–Kier alpha value is -1.59. The van der Waals surface area contributed by atoms with Gasteiger partial charge in [0.05, 0.1) is 12.0 Å². The number of carbonyl (C=O) groups is 3. The van der Waals surface area contributed by atoms with Crippen LogP contribution >= 0.6 is 0 Å². The third kappa shape index (κ3) is 5.73. The first-order chi connectivity index (χ1) is 9.65. The van der Waals surface area contributed by atoms with E-state index in [1.807, 2.05) is 20.8 Å². The lowest BCUT2D eigenvalue weighted by Crippen LogP contribution is -2.48. The third-order valence-electron chi connectivity index (χ3n) is 3.77. The molecule has 1 aliphatic rings. The van der Waals surface area contributed by atoms with E-state index in [1.54, 1.807) is 0 Å². The maximum atomic E-state index is 12.0. The van der Waals surface area contributed by atoms with Crippen molar-refractivity contribution in [2.24, 2.45) is 5.41 Å². The number of nitrogens with one attached hydrogen (secondary N) is 2. The van der Waals surface area contributed by atoms with Gasteiger partial charge >= 0.3 is 5.97 Å². The zero-order valence-corrected chi connectivity index (χ0v) is 13.1. The Morgan fingerprint density at radius 2 is 1.71 bits per heavy atom. The van der Waals surface area contributed by atoms with Crippen molar-refractivity contribution in [2.45, 2.75) is 64.8 Å². The van der Waals surface area contributed by atoms with Gasteiger partial charge in [0, 0.05) is 18.4 Å². The molecule has 0 atom stereocenters. The highest BCUT2D eigenvalue weighted by Gasteiger charge is 2.37. The maximum Gasteiger partial charge on any atom is 0.305 e. The van der Waals surface area contributed by atoms with Crippen molar-refractivity contribution in [3.05, 3.63) is 0 Å². The highest BCUT2D eigenvalue weighted by molar-refractivity contribution is 5.82. The molecule has 1 rings (SSSR count). The van der Waals surface area contributed by atoms with Gasteiger partial charge in [0.2, 0.25) is 11.8 Å². The molecular weight excluding hydrogens is 272 g/mol. The number of carboxylic acid groups (broad SMARTS) is 1. The lowest BCUT2D eigenvalue weighted by molar-refractivity contribution is -0.139. The van der Waals surface area contributed by atoms with E-state index in [4.69, 9.17) is 5.11 Å². The smallest absolute Gasteiger partial charge is 0.305 e. The molecule has 0 radical (unpaired) electrons. The first-order valence-corrected chi connectivity index (χ1v) is 7.46. The van der Waals surface area contributed by atoms with E-state index in [2.05, 4.69) is 10.6 Å². The lowest BCUT2D eigenvalue weighted by Gasteiger charge is -2.28. The maximum absolute atomic E-state index is 12.0. The van der Waals surface area contributed by atoms with Crippen LogP contribution < -0.4 is 10.6 Å². The van der Waals surface area contributed by atoms with Crippen molar-refractivity contribution < 1.29 is 19.5 Å².